The highest BCUT2D eigenvalue weighted by molar-refractivity contribution is 7.43. The van der Waals surface area contributed by atoms with Crippen molar-refractivity contribution in [1.29, 1.82) is 5.41 Å². The zero-order valence-electron chi connectivity index (χ0n) is 8.79. The first-order valence-corrected chi connectivity index (χ1v) is 6.68. The lowest BCUT2D eigenvalue weighted by atomic mass is 10.7. The average molecular weight is 254 g/mol. The van der Waals surface area contributed by atoms with Gasteiger partial charge >= 0.3 is 0 Å². The van der Waals surface area contributed by atoms with Gasteiger partial charge in [0.2, 0.25) is 0 Å². The van der Waals surface area contributed by atoms with Crippen LogP contribution in [0.25, 0.3) is 0 Å². The van der Waals surface area contributed by atoms with Gasteiger partial charge in [-0.3, -0.25) is 5.41 Å². The molecule has 0 aliphatic heterocycles. The Kier molecular flexibility index (Phi) is 7.68. The second kappa shape index (κ2) is 7.93. The first kappa shape index (κ1) is 13.6. The molecule has 1 aromatic rings. The predicted octanol–water partition coefficient (Wildman–Crippen LogP) is 1.55. The lowest BCUT2D eigenvalue weighted by molar-refractivity contribution is 0.478. The Morgan fingerprint density at radius 2 is 1.86 bits per heavy atom. The number of nitrogens with zero attached hydrogens (tertiary/aromatic N) is 3. The summed E-state index contributed by atoms with van der Waals surface area (Å²) in [4.78, 5) is 3.50. The number of hydrogen-bond acceptors (Lipinski definition) is 2. The van der Waals surface area contributed by atoms with Crippen molar-refractivity contribution in [2.24, 2.45) is 0 Å². The highest BCUT2D eigenvalue weighted by Crippen LogP contribution is 2.01. The summed E-state index contributed by atoms with van der Waals surface area (Å²) in [5.74, 6) is 0.519. The van der Waals surface area contributed by atoms with Gasteiger partial charge in [-0.05, 0) is 0 Å². The Morgan fingerprint density at radius 3 is 1.93 bits per heavy atom. The Hall–Kier alpha value is -0.430. The van der Waals surface area contributed by atoms with Crippen LogP contribution in [0, 0.1) is 5.41 Å². The van der Waals surface area contributed by atoms with Gasteiger partial charge in [-0.2, -0.15) is 4.51 Å². The number of hydrogen-bond donors (Lipinski definition) is 3. The normalized spacial score (nSPS) is 10.0. The standard InChI is InChI=1S/C5H13N3.H4N3P3/c1-7(2)5(6)8(3)4;1-4-2-6-3-5-1/h6H,1-4H3;1,4-5H,(H,2,3). The van der Waals surface area contributed by atoms with Gasteiger partial charge in [0.1, 0.15) is 8.51 Å². The maximum absolute atomic E-state index is 7.25. The molecule has 2 unspecified atom stereocenters. The van der Waals surface area contributed by atoms with Crippen molar-refractivity contribution in [3.63, 3.8) is 0 Å². The van der Waals surface area contributed by atoms with Crippen LogP contribution in [-0.4, -0.2) is 57.5 Å². The highest BCUT2D eigenvalue weighted by Gasteiger charge is 1.97. The molecule has 0 amide bonds. The van der Waals surface area contributed by atoms with E-state index in [1.807, 2.05) is 28.2 Å². The van der Waals surface area contributed by atoms with E-state index in [0.717, 1.165) is 8.51 Å². The molecular formula is C5H17N6P3. The first-order valence-electron chi connectivity index (χ1n) is 3.88. The van der Waals surface area contributed by atoms with Crippen LogP contribution in [0.1, 0.15) is 0 Å². The SMILES string of the molecule is CN(C)C(=N)N(C)C.n1p[nH][pH][nH][pH]1. The Labute approximate surface area is 89.0 Å². The maximum Gasteiger partial charge on any atom is 0.192 e. The summed E-state index contributed by atoms with van der Waals surface area (Å²) < 4.78 is 10.0. The third-order valence-corrected chi connectivity index (χ3v) is 3.77. The van der Waals surface area contributed by atoms with E-state index in [1.54, 1.807) is 9.80 Å². The molecule has 0 aliphatic carbocycles. The van der Waals surface area contributed by atoms with Crippen molar-refractivity contribution >= 4 is 31.5 Å². The number of nitrogens with one attached hydrogen (secondary N) is 3. The fraction of sp³-hybridized carbons (Fsp3) is 0.800. The number of aromatic amines is 2. The summed E-state index contributed by atoms with van der Waals surface area (Å²) >= 11 is 0. The molecule has 3 N–H and O–H groups in total. The summed E-state index contributed by atoms with van der Waals surface area (Å²) in [5, 5.41) is 7.25. The molecule has 1 aromatic heterocycles. The van der Waals surface area contributed by atoms with Gasteiger partial charge in [0.15, 0.2) is 5.96 Å². The van der Waals surface area contributed by atoms with E-state index >= 15 is 0 Å². The van der Waals surface area contributed by atoms with Gasteiger partial charge < -0.3 is 18.8 Å². The molecule has 14 heavy (non-hydrogen) atoms. The fourth-order valence-corrected chi connectivity index (χ4v) is 3.21. The molecule has 1 rings (SSSR count). The Bertz CT molecular complexity index is 216. The van der Waals surface area contributed by atoms with E-state index in [9.17, 15) is 0 Å². The van der Waals surface area contributed by atoms with E-state index in [2.05, 4.69) is 13.5 Å². The second-order valence-electron chi connectivity index (χ2n) is 2.79. The third-order valence-electron chi connectivity index (χ3n) is 1.17. The average Bonchev–Trinajstić information content (AvgIpc) is 2.20. The van der Waals surface area contributed by atoms with Gasteiger partial charge in [0.05, 0.1) is 0 Å². The van der Waals surface area contributed by atoms with Crippen molar-refractivity contribution < 1.29 is 0 Å². The molecule has 0 bridgehead atoms. The lowest BCUT2D eigenvalue weighted by Gasteiger charge is -2.19. The van der Waals surface area contributed by atoms with E-state index in [4.69, 9.17) is 5.41 Å². The van der Waals surface area contributed by atoms with Crippen LogP contribution in [0.15, 0.2) is 0 Å². The largest absolute Gasteiger partial charge is 0.349 e. The van der Waals surface area contributed by atoms with Gasteiger partial charge in [-0.15, -0.1) is 0 Å². The summed E-state index contributed by atoms with van der Waals surface area (Å²) in [5.41, 5.74) is 0. The predicted molar refractivity (Wildman–Crippen MR) is 67.2 cm³/mol. The number of guanidine groups is 1. The van der Waals surface area contributed by atoms with Gasteiger partial charge in [0.25, 0.3) is 0 Å². The minimum absolute atomic E-state index is 0.519. The molecule has 0 saturated heterocycles. The Morgan fingerprint density at radius 1 is 1.29 bits per heavy atom. The topological polar surface area (TPSA) is 74.8 Å². The third kappa shape index (κ3) is 7.02. The summed E-state index contributed by atoms with van der Waals surface area (Å²) in [6, 6.07) is 0. The van der Waals surface area contributed by atoms with Crippen molar-refractivity contribution in [3.05, 3.63) is 0 Å². The van der Waals surface area contributed by atoms with Crippen molar-refractivity contribution in [1.82, 2.24) is 23.3 Å². The van der Waals surface area contributed by atoms with E-state index in [1.165, 1.54) is 0 Å². The minimum Gasteiger partial charge on any atom is -0.349 e. The molecule has 6 nitrogen and oxygen atoms in total. The second-order valence-corrected chi connectivity index (χ2v) is 6.15. The highest BCUT2D eigenvalue weighted by atomic mass is 31.1. The van der Waals surface area contributed by atoms with Crippen LogP contribution >= 0.6 is 25.5 Å². The van der Waals surface area contributed by atoms with Crippen LogP contribution in [0.3, 0.4) is 0 Å². The molecule has 0 saturated carbocycles. The molecule has 0 aromatic carbocycles. The minimum atomic E-state index is 0.519. The smallest absolute Gasteiger partial charge is 0.192 e. The molecule has 2 atom stereocenters. The molecule has 0 radical (unpaired) electrons. The quantitative estimate of drug-likeness (QED) is 0.485. The van der Waals surface area contributed by atoms with E-state index in [-0.39, 0.29) is 0 Å². The fourth-order valence-electron chi connectivity index (χ4n) is 0.556. The molecular weight excluding hydrogens is 237 g/mol. The summed E-state index contributed by atoms with van der Waals surface area (Å²) in [7, 11) is 9.76. The van der Waals surface area contributed by atoms with Crippen LogP contribution in [0.4, 0.5) is 0 Å². The van der Waals surface area contributed by atoms with Gasteiger partial charge in [-0.1, -0.05) is 0 Å². The molecule has 9 heteroatoms. The molecule has 0 spiro atoms. The van der Waals surface area contributed by atoms with Crippen LogP contribution < -0.4 is 0 Å². The molecule has 0 aliphatic rings. The zero-order valence-corrected chi connectivity index (χ0v) is 11.7. The van der Waals surface area contributed by atoms with Crippen LogP contribution in [0.2, 0.25) is 0 Å². The number of H-pyrrole nitrogens is 2. The van der Waals surface area contributed by atoms with Crippen LogP contribution in [0.5, 0.6) is 0 Å². The summed E-state index contributed by atoms with van der Waals surface area (Å²) in [6.45, 7) is 0. The van der Waals surface area contributed by atoms with Gasteiger partial charge in [-0.25, -0.2) is 0 Å². The number of rotatable bonds is 0. The Balaban J connectivity index is 0.000000249. The maximum atomic E-state index is 7.25. The molecule has 82 valence electrons. The van der Waals surface area contributed by atoms with E-state index in [0.29, 0.717) is 23.0 Å². The van der Waals surface area contributed by atoms with Crippen molar-refractivity contribution in [2.45, 2.75) is 0 Å². The molecule has 0 fully saturated rings. The first-order chi connectivity index (χ1) is 6.55. The van der Waals surface area contributed by atoms with Crippen LogP contribution in [-0.2, 0) is 0 Å². The van der Waals surface area contributed by atoms with Crippen molar-refractivity contribution in [3.8, 4) is 0 Å². The number of aromatic nitrogens is 3. The monoisotopic (exact) mass is 254 g/mol. The van der Waals surface area contributed by atoms with E-state index < -0.39 is 0 Å². The lowest BCUT2D eigenvalue weighted by Crippen LogP contribution is -2.34. The molecule has 1 heterocycles. The zero-order chi connectivity index (χ0) is 11.0. The van der Waals surface area contributed by atoms with Crippen molar-refractivity contribution in [2.75, 3.05) is 28.2 Å². The summed E-state index contributed by atoms with van der Waals surface area (Å²) in [6.07, 6.45) is 0. The van der Waals surface area contributed by atoms with Gasteiger partial charge in [0, 0.05) is 45.2 Å².